The molecule has 0 fully saturated rings. The second kappa shape index (κ2) is 5.97. The standard InChI is InChI=1S/C17H18N8/c1-11(2)20-15-4-5-16-21-22-17(25(16)23-15)13-6-12(7-18-8-13)14-9-19-24(3)10-14/h4-11H,1-3H3,(H,20,23). The molecule has 0 unspecified atom stereocenters. The van der Waals surface area contributed by atoms with Gasteiger partial charge in [-0.2, -0.15) is 9.61 Å². The zero-order chi connectivity index (χ0) is 17.4. The molecule has 126 valence electrons. The van der Waals surface area contributed by atoms with Crippen LogP contribution < -0.4 is 5.32 Å². The highest BCUT2D eigenvalue weighted by Crippen LogP contribution is 2.24. The Morgan fingerprint density at radius 1 is 1.00 bits per heavy atom. The van der Waals surface area contributed by atoms with E-state index in [4.69, 9.17) is 0 Å². The molecule has 8 heteroatoms. The number of rotatable bonds is 4. The van der Waals surface area contributed by atoms with Gasteiger partial charge < -0.3 is 5.32 Å². The Morgan fingerprint density at radius 2 is 1.84 bits per heavy atom. The summed E-state index contributed by atoms with van der Waals surface area (Å²) in [6, 6.07) is 6.11. The molecule has 0 amide bonds. The average molecular weight is 334 g/mol. The summed E-state index contributed by atoms with van der Waals surface area (Å²) in [7, 11) is 1.89. The number of nitrogens with zero attached hydrogens (tertiary/aromatic N) is 7. The molecule has 4 heterocycles. The first kappa shape index (κ1) is 15.3. The maximum Gasteiger partial charge on any atom is 0.187 e. The summed E-state index contributed by atoms with van der Waals surface area (Å²) in [5, 5.41) is 20.6. The molecule has 25 heavy (non-hydrogen) atoms. The van der Waals surface area contributed by atoms with Crippen LogP contribution in [0.25, 0.3) is 28.2 Å². The van der Waals surface area contributed by atoms with Crippen molar-refractivity contribution in [2.75, 3.05) is 5.32 Å². The van der Waals surface area contributed by atoms with E-state index in [0.717, 1.165) is 22.5 Å². The second-order valence-electron chi connectivity index (χ2n) is 6.18. The van der Waals surface area contributed by atoms with Gasteiger partial charge in [-0.25, -0.2) is 0 Å². The van der Waals surface area contributed by atoms with Gasteiger partial charge in [0.05, 0.1) is 6.20 Å². The van der Waals surface area contributed by atoms with E-state index in [1.807, 2.05) is 43.8 Å². The van der Waals surface area contributed by atoms with Crippen molar-refractivity contribution in [3.05, 3.63) is 43.0 Å². The van der Waals surface area contributed by atoms with Crippen LogP contribution in [0.3, 0.4) is 0 Å². The topological polar surface area (TPSA) is 85.8 Å². The van der Waals surface area contributed by atoms with Gasteiger partial charge in [0, 0.05) is 48.4 Å². The molecule has 4 aromatic heterocycles. The lowest BCUT2D eigenvalue weighted by atomic mass is 10.1. The van der Waals surface area contributed by atoms with Gasteiger partial charge in [0.1, 0.15) is 5.82 Å². The predicted molar refractivity (Wildman–Crippen MR) is 95.0 cm³/mol. The summed E-state index contributed by atoms with van der Waals surface area (Å²) >= 11 is 0. The van der Waals surface area contributed by atoms with Gasteiger partial charge in [0.15, 0.2) is 11.5 Å². The third kappa shape index (κ3) is 2.93. The van der Waals surface area contributed by atoms with Crippen molar-refractivity contribution < 1.29 is 0 Å². The molecule has 0 saturated carbocycles. The summed E-state index contributed by atoms with van der Waals surface area (Å²) in [5.41, 5.74) is 3.51. The highest BCUT2D eigenvalue weighted by Gasteiger charge is 2.12. The number of aryl methyl sites for hydroxylation is 1. The van der Waals surface area contributed by atoms with E-state index in [-0.39, 0.29) is 0 Å². The number of hydrogen-bond acceptors (Lipinski definition) is 6. The van der Waals surface area contributed by atoms with Gasteiger partial charge in [-0.15, -0.1) is 15.3 Å². The Morgan fingerprint density at radius 3 is 2.60 bits per heavy atom. The van der Waals surface area contributed by atoms with Crippen molar-refractivity contribution in [3.63, 3.8) is 0 Å². The van der Waals surface area contributed by atoms with Gasteiger partial charge in [0.2, 0.25) is 0 Å². The van der Waals surface area contributed by atoms with E-state index >= 15 is 0 Å². The fourth-order valence-corrected chi connectivity index (χ4v) is 2.63. The van der Waals surface area contributed by atoms with Gasteiger partial charge >= 0.3 is 0 Å². The molecule has 0 aliphatic heterocycles. The van der Waals surface area contributed by atoms with Crippen LogP contribution in [0.2, 0.25) is 0 Å². The Bertz CT molecular complexity index is 1030. The molecular weight excluding hydrogens is 316 g/mol. The number of fused-ring (bicyclic) bond motifs is 1. The second-order valence-corrected chi connectivity index (χ2v) is 6.18. The normalized spacial score (nSPS) is 11.4. The van der Waals surface area contributed by atoms with Crippen LogP contribution in [0.5, 0.6) is 0 Å². The van der Waals surface area contributed by atoms with Crippen LogP contribution in [0.15, 0.2) is 43.0 Å². The molecule has 0 bridgehead atoms. The van der Waals surface area contributed by atoms with Crippen molar-refractivity contribution >= 4 is 11.5 Å². The Labute approximate surface area is 144 Å². The zero-order valence-electron chi connectivity index (χ0n) is 14.2. The van der Waals surface area contributed by atoms with E-state index in [1.165, 1.54) is 0 Å². The van der Waals surface area contributed by atoms with Crippen molar-refractivity contribution in [1.82, 2.24) is 34.6 Å². The quantitative estimate of drug-likeness (QED) is 0.617. The third-order valence-electron chi connectivity index (χ3n) is 3.73. The summed E-state index contributed by atoms with van der Waals surface area (Å²) < 4.78 is 3.49. The molecule has 0 radical (unpaired) electrons. The average Bonchev–Trinajstić information content (AvgIpc) is 3.20. The van der Waals surface area contributed by atoms with Crippen LogP contribution in [0.4, 0.5) is 5.82 Å². The van der Waals surface area contributed by atoms with Crippen molar-refractivity contribution in [3.8, 4) is 22.5 Å². The summed E-state index contributed by atoms with van der Waals surface area (Å²) in [4.78, 5) is 4.34. The number of nitrogens with one attached hydrogen (secondary N) is 1. The fraction of sp³-hybridized carbons (Fsp3) is 0.235. The Kier molecular flexibility index (Phi) is 3.64. The van der Waals surface area contributed by atoms with Crippen molar-refractivity contribution in [2.45, 2.75) is 19.9 Å². The SMILES string of the molecule is CC(C)Nc1ccc2nnc(-c3cncc(-c4cnn(C)c4)c3)n2n1. The van der Waals surface area contributed by atoms with Crippen molar-refractivity contribution in [2.24, 2.45) is 7.05 Å². The maximum absolute atomic E-state index is 4.59. The lowest BCUT2D eigenvalue weighted by Crippen LogP contribution is -2.12. The number of aromatic nitrogens is 7. The van der Waals surface area contributed by atoms with E-state index in [2.05, 4.69) is 44.5 Å². The zero-order valence-corrected chi connectivity index (χ0v) is 14.2. The molecular formula is C17H18N8. The lowest BCUT2D eigenvalue weighted by molar-refractivity contribution is 0.768. The number of hydrogen-bond donors (Lipinski definition) is 1. The molecule has 0 aliphatic rings. The molecule has 0 atom stereocenters. The highest BCUT2D eigenvalue weighted by molar-refractivity contribution is 5.68. The van der Waals surface area contributed by atoms with Gasteiger partial charge in [0.25, 0.3) is 0 Å². The highest BCUT2D eigenvalue weighted by atomic mass is 15.4. The molecule has 4 aromatic rings. The summed E-state index contributed by atoms with van der Waals surface area (Å²) in [5.74, 6) is 1.43. The van der Waals surface area contributed by atoms with Crippen LogP contribution in [0.1, 0.15) is 13.8 Å². The van der Waals surface area contributed by atoms with Crippen LogP contribution in [-0.2, 0) is 7.05 Å². The smallest absolute Gasteiger partial charge is 0.187 e. The maximum atomic E-state index is 4.59. The molecule has 1 N–H and O–H groups in total. The van der Waals surface area contributed by atoms with E-state index < -0.39 is 0 Å². The molecule has 8 nitrogen and oxygen atoms in total. The minimum atomic E-state index is 0.292. The van der Waals surface area contributed by atoms with Crippen LogP contribution in [-0.4, -0.2) is 40.6 Å². The third-order valence-corrected chi connectivity index (χ3v) is 3.73. The fourth-order valence-electron chi connectivity index (χ4n) is 2.63. The predicted octanol–water partition coefficient (Wildman–Crippen LogP) is 2.41. The van der Waals surface area contributed by atoms with Crippen LogP contribution in [0, 0.1) is 0 Å². The monoisotopic (exact) mass is 334 g/mol. The van der Waals surface area contributed by atoms with E-state index in [0.29, 0.717) is 17.5 Å². The Hall–Kier alpha value is -3.29. The van der Waals surface area contributed by atoms with Gasteiger partial charge in [-0.1, -0.05) is 0 Å². The first-order valence-corrected chi connectivity index (χ1v) is 8.03. The minimum Gasteiger partial charge on any atom is -0.366 e. The molecule has 0 spiro atoms. The minimum absolute atomic E-state index is 0.292. The molecule has 0 saturated heterocycles. The van der Waals surface area contributed by atoms with E-state index in [9.17, 15) is 0 Å². The number of pyridine rings is 1. The molecule has 0 aliphatic carbocycles. The molecule has 0 aromatic carbocycles. The summed E-state index contributed by atoms with van der Waals surface area (Å²) in [6.07, 6.45) is 7.33. The lowest BCUT2D eigenvalue weighted by Gasteiger charge is -2.09. The van der Waals surface area contributed by atoms with Gasteiger partial charge in [-0.05, 0) is 32.0 Å². The first-order valence-electron chi connectivity index (χ1n) is 8.03. The van der Waals surface area contributed by atoms with Gasteiger partial charge in [-0.3, -0.25) is 9.67 Å². The van der Waals surface area contributed by atoms with E-state index in [1.54, 1.807) is 15.4 Å². The molecule has 4 rings (SSSR count). The summed E-state index contributed by atoms with van der Waals surface area (Å²) in [6.45, 7) is 4.14. The number of anilines is 1. The largest absolute Gasteiger partial charge is 0.366 e. The first-order chi connectivity index (χ1) is 12.1. The van der Waals surface area contributed by atoms with Crippen molar-refractivity contribution in [1.29, 1.82) is 0 Å². The van der Waals surface area contributed by atoms with Crippen LogP contribution >= 0.6 is 0 Å². The Balaban J connectivity index is 1.79.